The molecule has 0 spiro atoms. The quantitative estimate of drug-likeness (QED) is 0.757. The highest BCUT2D eigenvalue weighted by Crippen LogP contribution is 2.37. The zero-order valence-corrected chi connectivity index (χ0v) is 12.9. The minimum atomic E-state index is -0.305. The minimum Gasteiger partial charge on any atom is -0.367 e. The van der Waals surface area contributed by atoms with Gasteiger partial charge in [-0.2, -0.15) is 11.8 Å². The number of ether oxygens (including phenoxy) is 1. The molecule has 2 N–H and O–H groups in total. The molecule has 0 unspecified atom stereocenters. The number of urea groups is 1. The molecule has 18 heavy (non-hydrogen) atoms. The number of hydrogen-bond acceptors (Lipinski definition) is 3. The Balaban J connectivity index is 2.36. The van der Waals surface area contributed by atoms with Crippen molar-refractivity contribution in [3.05, 3.63) is 0 Å². The van der Waals surface area contributed by atoms with Crippen LogP contribution >= 0.6 is 11.8 Å². The molecule has 2 amide bonds. The lowest BCUT2D eigenvalue weighted by Crippen LogP contribution is -2.49. The summed E-state index contributed by atoms with van der Waals surface area (Å²) in [5.41, 5.74) is -0.472. The van der Waals surface area contributed by atoms with E-state index in [0.717, 1.165) is 25.1 Å². The average molecular weight is 274 g/mol. The van der Waals surface area contributed by atoms with Crippen molar-refractivity contribution in [1.29, 1.82) is 0 Å². The van der Waals surface area contributed by atoms with Crippen LogP contribution < -0.4 is 10.6 Å². The van der Waals surface area contributed by atoms with Crippen LogP contribution in [0.4, 0.5) is 4.79 Å². The first-order valence-corrected chi connectivity index (χ1v) is 7.90. The lowest BCUT2D eigenvalue weighted by Gasteiger charge is -2.27. The first-order chi connectivity index (χ1) is 8.27. The summed E-state index contributed by atoms with van der Waals surface area (Å²) in [6.45, 7) is 8.91. The summed E-state index contributed by atoms with van der Waals surface area (Å²) in [6, 6.07) is -0.0245. The van der Waals surface area contributed by atoms with Crippen molar-refractivity contribution >= 4 is 17.8 Å². The first-order valence-electron chi connectivity index (χ1n) is 6.50. The maximum atomic E-state index is 11.8. The molecular formula is C13H26N2O2S. The molecule has 0 bridgehead atoms. The molecular weight excluding hydrogens is 248 g/mol. The van der Waals surface area contributed by atoms with Gasteiger partial charge in [-0.3, -0.25) is 0 Å². The summed E-state index contributed by atoms with van der Waals surface area (Å²) in [5, 5.41) is 5.91. The Morgan fingerprint density at radius 1 is 1.39 bits per heavy atom. The predicted molar refractivity (Wildman–Crippen MR) is 77.2 cm³/mol. The second-order valence-corrected chi connectivity index (χ2v) is 6.95. The molecule has 0 aromatic rings. The highest BCUT2D eigenvalue weighted by molar-refractivity contribution is 7.98. The van der Waals surface area contributed by atoms with Gasteiger partial charge in [0.05, 0.1) is 17.2 Å². The summed E-state index contributed by atoms with van der Waals surface area (Å²) < 4.78 is 5.95. The Labute approximate surface area is 115 Å². The number of nitrogens with one attached hydrogen (secondary N) is 2. The van der Waals surface area contributed by atoms with Crippen LogP contribution in [0.3, 0.4) is 0 Å². The fourth-order valence-corrected chi connectivity index (χ4v) is 2.85. The molecule has 5 heteroatoms. The number of carbonyl (C=O) groups excluding carboxylic acids is 1. The largest absolute Gasteiger partial charge is 0.367 e. The Hall–Kier alpha value is -0.420. The van der Waals surface area contributed by atoms with E-state index < -0.39 is 0 Å². The van der Waals surface area contributed by atoms with Crippen molar-refractivity contribution in [2.45, 2.75) is 57.8 Å². The van der Waals surface area contributed by atoms with Gasteiger partial charge >= 0.3 is 6.03 Å². The maximum Gasteiger partial charge on any atom is 0.315 e. The van der Waals surface area contributed by atoms with Crippen molar-refractivity contribution in [1.82, 2.24) is 10.6 Å². The zero-order valence-electron chi connectivity index (χ0n) is 12.1. The number of thioether (sulfide) groups is 1. The van der Waals surface area contributed by atoms with E-state index in [2.05, 4.69) is 30.7 Å². The van der Waals surface area contributed by atoms with Crippen LogP contribution in [0.2, 0.25) is 0 Å². The molecule has 4 nitrogen and oxygen atoms in total. The van der Waals surface area contributed by atoms with E-state index >= 15 is 0 Å². The second-order valence-electron chi connectivity index (χ2n) is 5.97. The van der Waals surface area contributed by atoms with Crippen LogP contribution in [0.25, 0.3) is 0 Å². The lowest BCUT2D eigenvalue weighted by molar-refractivity contribution is -0.0690. The number of amides is 2. The highest BCUT2D eigenvalue weighted by atomic mass is 32.2. The van der Waals surface area contributed by atoms with Crippen molar-refractivity contribution in [2.75, 3.05) is 18.6 Å². The molecule has 0 aliphatic carbocycles. The van der Waals surface area contributed by atoms with Crippen molar-refractivity contribution in [3.8, 4) is 0 Å². The van der Waals surface area contributed by atoms with Crippen LogP contribution in [-0.2, 0) is 4.74 Å². The molecule has 0 aromatic carbocycles. The van der Waals surface area contributed by atoms with Crippen LogP contribution in [0.5, 0.6) is 0 Å². The Morgan fingerprint density at radius 2 is 2.06 bits per heavy atom. The molecule has 1 heterocycles. The first kappa shape index (κ1) is 15.6. The van der Waals surface area contributed by atoms with Crippen molar-refractivity contribution in [3.63, 3.8) is 0 Å². The van der Waals surface area contributed by atoms with Gasteiger partial charge in [0.1, 0.15) is 0 Å². The molecule has 1 atom stereocenters. The van der Waals surface area contributed by atoms with E-state index in [4.69, 9.17) is 4.74 Å². The maximum absolute atomic E-state index is 11.8. The molecule has 1 fully saturated rings. The molecule has 1 saturated heterocycles. The van der Waals surface area contributed by atoms with Gasteiger partial charge in [0, 0.05) is 6.54 Å². The monoisotopic (exact) mass is 274 g/mol. The summed E-state index contributed by atoms with van der Waals surface area (Å²) in [4.78, 5) is 11.8. The third kappa shape index (κ3) is 4.69. The van der Waals surface area contributed by atoms with E-state index in [0.29, 0.717) is 0 Å². The summed E-state index contributed by atoms with van der Waals surface area (Å²) in [5.74, 6) is 1.07. The van der Waals surface area contributed by atoms with E-state index in [9.17, 15) is 4.79 Å². The van der Waals surface area contributed by atoms with E-state index in [1.165, 1.54) is 0 Å². The van der Waals surface area contributed by atoms with Crippen LogP contribution in [0.15, 0.2) is 0 Å². The highest BCUT2D eigenvalue weighted by Gasteiger charge is 2.46. The van der Waals surface area contributed by atoms with Crippen molar-refractivity contribution < 1.29 is 9.53 Å². The van der Waals surface area contributed by atoms with Gasteiger partial charge in [-0.15, -0.1) is 0 Å². The molecule has 0 radical (unpaired) electrons. The molecule has 1 rings (SSSR count). The Kier molecular flexibility index (Phi) is 5.34. The molecule has 1 aliphatic rings. The predicted octanol–water partition coefficient (Wildman–Crippen LogP) is 2.38. The summed E-state index contributed by atoms with van der Waals surface area (Å²) in [7, 11) is 0. The summed E-state index contributed by atoms with van der Waals surface area (Å²) in [6.07, 6.45) is 3.92. The Morgan fingerprint density at radius 3 is 2.56 bits per heavy atom. The van der Waals surface area contributed by atoms with E-state index in [1.807, 2.05) is 13.8 Å². The lowest BCUT2D eigenvalue weighted by atomic mass is 9.95. The van der Waals surface area contributed by atoms with Gasteiger partial charge in [-0.25, -0.2) is 4.79 Å². The van der Waals surface area contributed by atoms with Gasteiger partial charge in [-0.1, -0.05) is 0 Å². The normalized spacial score (nSPS) is 24.8. The van der Waals surface area contributed by atoms with Gasteiger partial charge in [-0.05, 0) is 52.5 Å². The van der Waals surface area contributed by atoms with Crippen LogP contribution in [-0.4, -0.2) is 41.8 Å². The molecule has 0 saturated carbocycles. The van der Waals surface area contributed by atoms with Crippen molar-refractivity contribution in [2.24, 2.45) is 0 Å². The average Bonchev–Trinajstić information content (AvgIpc) is 2.41. The third-order valence-corrected chi connectivity index (χ3v) is 3.89. The summed E-state index contributed by atoms with van der Waals surface area (Å²) >= 11 is 1.79. The number of hydrogen-bond donors (Lipinski definition) is 2. The fraction of sp³-hybridized carbons (Fsp3) is 0.923. The van der Waals surface area contributed by atoms with Gasteiger partial charge in [0.2, 0.25) is 0 Å². The van der Waals surface area contributed by atoms with E-state index in [1.54, 1.807) is 11.8 Å². The smallest absolute Gasteiger partial charge is 0.315 e. The number of rotatable bonds is 5. The van der Waals surface area contributed by atoms with Crippen LogP contribution in [0, 0.1) is 0 Å². The SMILES string of the molecule is CSCCCNC(=O)N[C@H]1CC(C)(C)OC1(C)C. The Bertz CT molecular complexity index is 293. The minimum absolute atomic E-state index is 0.0630. The number of carbonyl (C=O) groups is 1. The third-order valence-electron chi connectivity index (χ3n) is 3.19. The molecule has 106 valence electrons. The zero-order chi connectivity index (χ0) is 13.8. The second kappa shape index (κ2) is 6.15. The topological polar surface area (TPSA) is 50.4 Å². The molecule has 1 aliphatic heterocycles. The molecule has 0 aromatic heterocycles. The fourth-order valence-electron chi connectivity index (χ4n) is 2.41. The van der Waals surface area contributed by atoms with Gasteiger partial charge in [0.15, 0.2) is 0 Å². The van der Waals surface area contributed by atoms with Gasteiger partial charge in [0.25, 0.3) is 0 Å². The standard InChI is InChI=1S/C13H26N2O2S/c1-12(2)9-10(13(3,4)17-12)15-11(16)14-7-6-8-18-5/h10H,6-9H2,1-5H3,(H2,14,15,16)/t10-/m0/s1. The van der Waals surface area contributed by atoms with E-state index in [-0.39, 0.29) is 23.3 Å². The van der Waals surface area contributed by atoms with Crippen LogP contribution in [0.1, 0.15) is 40.5 Å². The van der Waals surface area contributed by atoms with Gasteiger partial charge < -0.3 is 15.4 Å².